The Balaban J connectivity index is 0.956. The molecule has 13 nitrogen and oxygen atoms in total. The second-order valence-electron chi connectivity index (χ2n) is 16.3. The lowest BCUT2D eigenvalue weighted by atomic mass is 9.88. The highest BCUT2D eigenvalue weighted by Crippen LogP contribution is 2.47. The number of aromatic amines is 1. The van der Waals surface area contributed by atoms with Crippen molar-refractivity contribution in [3.8, 4) is 11.5 Å². The van der Waals surface area contributed by atoms with Gasteiger partial charge in [-0.3, -0.25) is 19.8 Å². The first-order valence-corrected chi connectivity index (χ1v) is 22.2. The van der Waals surface area contributed by atoms with Crippen LogP contribution in [0.15, 0.2) is 96.2 Å². The molecule has 2 aliphatic carbocycles. The van der Waals surface area contributed by atoms with Crippen molar-refractivity contribution in [2.75, 3.05) is 31.6 Å². The molecular formula is C45H47FN6O7S. The molecule has 4 heterocycles. The minimum atomic E-state index is -4.62. The second-order valence-corrected chi connectivity index (χ2v) is 18.0. The van der Waals surface area contributed by atoms with Crippen molar-refractivity contribution in [1.29, 1.82) is 0 Å². The Morgan fingerprint density at radius 2 is 1.85 bits per heavy atom. The Morgan fingerprint density at radius 1 is 1.03 bits per heavy atom. The number of rotatable bonds is 13. The van der Waals surface area contributed by atoms with E-state index in [1.807, 2.05) is 6.07 Å². The Morgan fingerprint density at radius 3 is 2.62 bits per heavy atom. The van der Waals surface area contributed by atoms with Crippen LogP contribution in [0.2, 0.25) is 0 Å². The number of aromatic nitrogens is 2. The maximum atomic E-state index is 15.2. The molecule has 60 heavy (non-hydrogen) atoms. The Hall–Kier alpha value is -5.64. The van der Waals surface area contributed by atoms with Crippen molar-refractivity contribution in [3.05, 3.63) is 124 Å². The van der Waals surface area contributed by atoms with Gasteiger partial charge in [0.2, 0.25) is 0 Å². The molecule has 0 bridgehead atoms. The molecular weight excluding hydrogens is 788 g/mol. The van der Waals surface area contributed by atoms with E-state index in [4.69, 9.17) is 9.47 Å². The third-order valence-electron chi connectivity index (χ3n) is 12.4. The van der Waals surface area contributed by atoms with E-state index in [0.29, 0.717) is 29.4 Å². The Bertz CT molecular complexity index is 2590. The number of carbonyl (C=O) groups is 1. The first kappa shape index (κ1) is 39.8. The summed E-state index contributed by atoms with van der Waals surface area (Å²) in [6, 6.07) is 21.7. The number of halogens is 1. The van der Waals surface area contributed by atoms with Crippen molar-refractivity contribution in [2.45, 2.75) is 86.4 Å². The van der Waals surface area contributed by atoms with Crippen LogP contribution in [-0.2, 0) is 14.8 Å². The fraction of sp³-hybridized carbons (Fsp3) is 0.378. The predicted octanol–water partition coefficient (Wildman–Crippen LogP) is 8.96. The van der Waals surface area contributed by atoms with Gasteiger partial charge in [-0.2, -0.15) is 0 Å². The maximum absolute atomic E-state index is 15.2. The van der Waals surface area contributed by atoms with Gasteiger partial charge in [0.05, 0.1) is 21.6 Å². The number of nitro benzene ring substituents is 1. The van der Waals surface area contributed by atoms with E-state index in [9.17, 15) is 23.3 Å². The van der Waals surface area contributed by atoms with Gasteiger partial charge in [-0.25, -0.2) is 22.5 Å². The van der Waals surface area contributed by atoms with Crippen LogP contribution in [0.4, 0.5) is 15.8 Å². The summed E-state index contributed by atoms with van der Waals surface area (Å²) in [5, 5.41) is 15.6. The summed E-state index contributed by atoms with van der Waals surface area (Å²) in [6.45, 7) is 1.34. The number of nitro groups is 1. The number of likely N-dealkylation sites (tertiary alicyclic amines) is 1. The van der Waals surface area contributed by atoms with E-state index in [0.717, 1.165) is 60.9 Å². The van der Waals surface area contributed by atoms with Gasteiger partial charge < -0.3 is 19.8 Å². The molecule has 3 fully saturated rings. The van der Waals surface area contributed by atoms with Crippen LogP contribution >= 0.6 is 0 Å². The van der Waals surface area contributed by atoms with Gasteiger partial charge in [-0.1, -0.05) is 36.4 Å². The van der Waals surface area contributed by atoms with Crippen LogP contribution < -0.4 is 14.8 Å². The summed E-state index contributed by atoms with van der Waals surface area (Å²) < 4.78 is 56.1. The van der Waals surface area contributed by atoms with E-state index in [2.05, 4.69) is 55.2 Å². The molecule has 2 atom stereocenters. The highest BCUT2D eigenvalue weighted by atomic mass is 32.2. The fourth-order valence-electron chi connectivity index (χ4n) is 9.00. The van der Waals surface area contributed by atoms with Crippen LogP contribution in [0.25, 0.3) is 16.6 Å². The summed E-state index contributed by atoms with van der Waals surface area (Å²) in [7, 11) is -4.62. The number of H-pyrrole nitrogens is 1. The molecule has 0 spiro atoms. The van der Waals surface area contributed by atoms with Crippen LogP contribution in [0.1, 0.15) is 96.8 Å². The summed E-state index contributed by atoms with van der Waals surface area (Å²) in [4.78, 5) is 34.8. The van der Waals surface area contributed by atoms with Gasteiger partial charge in [-0.05, 0) is 116 Å². The standard InChI is InChI=1S/C45H47FN6O7S/c46-45(18-22-58-23-19-45)28-49-39-16-14-35(26-41(39)52(54)55)60(56,57)50-44(53)38-15-11-31(25-42(38)59-34-24-32-17-20-47-43(32)48-27-34)29-9-12-33(13-10-29)51-21-3-6-40(51)37-5-2-1-4-36(37)30-7-8-30/h1-2,4-5,9,11,14-17,20,24-27,30,33,40,49H,3,6-8,10,12-13,18-19,21-23,28H2,(H,47,48)(H,50,53)/t33?,40-/m0/s1. The lowest BCUT2D eigenvalue weighted by Crippen LogP contribution is -2.38. The number of ether oxygens (including phenoxy) is 2. The molecule has 3 aromatic carbocycles. The Labute approximate surface area is 347 Å². The number of amides is 1. The average Bonchev–Trinajstić information content (AvgIpc) is 3.79. The number of fused-ring (bicyclic) bond motifs is 1. The van der Waals surface area contributed by atoms with Crippen molar-refractivity contribution in [3.63, 3.8) is 0 Å². The number of nitrogens with zero attached hydrogens (tertiary/aromatic N) is 3. The number of nitrogens with one attached hydrogen (secondary N) is 3. The number of anilines is 1. The normalized spacial score (nSPS) is 20.7. The molecule has 2 aromatic heterocycles. The quantitative estimate of drug-likeness (QED) is 0.0769. The second kappa shape index (κ2) is 16.4. The topological polar surface area (TPSA) is 169 Å². The van der Waals surface area contributed by atoms with Gasteiger partial charge >= 0.3 is 0 Å². The fourth-order valence-corrected chi connectivity index (χ4v) is 9.99. The van der Waals surface area contributed by atoms with Gasteiger partial charge in [0.1, 0.15) is 28.5 Å². The van der Waals surface area contributed by atoms with Crippen LogP contribution in [0.5, 0.6) is 11.5 Å². The summed E-state index contributed by atoms with van der Waals surface area (Å²) in [5.41, 5.74) is 3.32. The lowest BCUT2D eigenvalue weighted by Gasteiger charge is -2.36. The van der Waals surface area contributed by atoms with Gasteiger partial charge in [0.15, 0.2) is 0 Å². The smallest absolute Gasteiger partial charge is 0.293 e. The third-order valence-corrected chi connectivity index (χ3v) is 13.7. The molecule has 4 aliphatic rings. The number of allylic oxidation sites excluding steroid dienone is 1. The van der Waals surface area contributed by atoms with Crippen LogP contribution in [-0.4, -0.2) is 72.1 Å². The van der Waals surface area contributed by atoms with E-state index in [-0.39, 0.29) is 49.6 Å². The van der Waals surface area contributed by atoms with Crippen molar-refractivity contribution >= 4 is 43.9 Å². The number of sulfonamides is 1. The maximum Gasteiger partial charge on any atom is 0.293 e. The number of alkyl halides is 1. The lowest BCUT2D eigenvalue weighted by molar-refractivity contribution is -0.384. The van der Waals surface area contributed by atoms with Crippen LogP contribution in [0.3, 0.4) is 0 Å². The molecule has 312 valence electrons. The van der Waals surface area contributed by atoms with Gasteiger partial charge in [0.25, 0.3) is 21.6 Å². The number of hydrogen-bond donors (Lipinski definition) is 3. The minimum absolute atomic E-state index is 0.0458. The Kier molecular flexibility index (Phi) is 10.9. The van der Waals surface area contributed by atoms with E-state index in [1.165, 1.54) is 48.7 Å². The van der Waals surface area contributed by atoms with E-state index in [1.54, 1.807) is 24.4 Å². The summed E-state index contributed by atoms with van der Waals surface area (Å²) in [6.07, 6.45) is 13.4. The molecule has 2 saturated heterocycles. The molecule has 1 saturated carbocycles. The zero-order valence-corrected chi connectivity index (χ0v) is 33.9. The van der Waals surface area contributed by atoms with Crippen LogP contribution in [0, 0.1) is 10.1 Å². The minimum Gasteiger partial charge on any atom is -0.455 e. The first-order valence-electron chi connectivity index (χ1n) is 20.7. The zero-order valence-electron chi connectivity index (χ0n) is 33.1. The molecule has 2 aliphatic heterocycles. The monoisotopic (exact) mass is 834 g/mol. The zero-order chi connectivity index (χ0) is 41.4. The molecule has 15 heteroatoms. The molecule has 5 aromatic rings. The molecule has 9 rings (SSSR count). The SMILES string of the molecule is O=C(NS(=O)(=O)c1ccc(NCC2(F)CCOCC2)c([N+](=O)[O-])c1)c1ccc(C2=CCC(N3CCC[C@H]3c3ccccc3C3CC3)CC2)cc1Oc1cnc2[nH]ccc2c1. The number of hydrogen-bond acceptors (Lipinski definition) is 10. The van der Waals surface area contributed by atoms with Crippen molar-refractivity contribution in [1.82, 2.24) is 19.6 Å². The number of benzene rings is 3. The molecule has 3 N–H and O–H groups in total. The highest BCUT2D eigenvalue weighted by molar-refractivity contribution is 7.90. The first-order chi connectivity index (χ1) is 29.0. The summed E-state index contributed by atoms with van der Waals surface area (Å²) in [5.74, 6) is 0.171. The van der Waals surface area contributed by atoms with Crippen molar-refractivity contribution in [2.24, 2.45) is 0 Å². The average molecular weight is 835 g/mol. The number of pyridine rings is 1. The number of carbonyl (C=O) groups excluding carboxylic acids is 1. The molecule has 1 unspecified atom stereocenters. The van der Waals surface area contributed by atoms with Gasteiger partial charge in [0, 0.05) is 62.3 Å². The largest absolute Gasteiger partial charge is 0.455 e. The molecule has 0 radical (unpaired) electrons. The molecule has 1 amide bonds. The van der Waals surface area contributed by atoms with Crippen molar-refractivity contribution < 1.29 is 32.0 Å². The highest BCUT2D eigenvalue weighted by Gasteiger charge is 2.37. The predicted molar refractivity (Wildman–Crippen MR) is 225 cm³/mol. The van der Waals surface area contributed by atoms with E-state index < -0.39 is 37.1 Å². The third kappa shape index (κ3) is 8.38. The van der Waals surface area contributed by atoms with Gasteiger partial charge in [-0.15, -0.1) is 0 Å². The van der Waals surface area contributed by atoms with E-state index >= 15 is 4.39 Å². The summed E-state index contributed by atoms with van der Waals surface area (Å²) >= 11 is 0.